The van der Waals surface area contributed by atoms with Gasteiger partial charge in [0.15, 0.2) is 0 Å². The number of para-hydroxylation sites is 1. The fraction of sp³-hybridized carbons (Fsp3) is 0.353. The number of rotatable bonds is 4. The lowest BCUT2D eigenvalue weighted by atomic mass is 9.96. The SMILES string of the molecule is Cc1nc(CCNC(=O)C2COc3ccccc3C2)cc(=O)[nH]1. The third-order valence-electron chi connectivity index (χ3n) is 3.84. The molecule has 2 heterocycles. The molecular weight excluding hydrogens is 294 g/mol. The fourth-order valence-corrected chi connectivity index (χ4v) is 2.72. The lowest BCUT2D eigenvalue weighted by Crippen LogP contribution is -2.38. The number of amides is 1. The summed E-state index contributed by atoms with van der Waals surface area (Å²) in [6.07, 6.45) is 1.21. The predicted molar refractivity (Wildman–Crippen MR) is 85.4 cm³/mol. The van der Waals surface area contributed by atoms with Crippen LogP contribution in [0.3, 0.4) is 0 Å². The van der Waals surface area contributed by atoms with Crippen LogP contribution in [-0.2, 0) is 17.6 Å². The number of aromatic amines is 1. The number of aromatic nitrogens is 2. The molecule has 1 aromatic heterocycles. The monoisotopic (exact) mass is 313 g/mol. The van der Waals surface area contributed by atoms with Crippen molar-refractivity contribution >= 4 is 5.91 Å². The molecule has 23 heavy (non-hydrogen) atoms. The second-order valence-corrected chi connectivity index (χ2v) is 5.68. The van der Waals surface area contributed by atoms with Gasteiger partial charge in [-0.05, 0) is 25.0 Å². The zero-order valence-electron chi connectivity index (χ0n) is 13.0. The van der Waals surface area contributed by atoms with E-state index in [1.807, 2.05) is 24.3 Å². The van der Waals surface area contributed by atoms with Crippen LogP contribution in [0.15, 0.2) is 35.1 Å². The molecule has 1 unspecified atom stereocenters. The maximum atomic E-state index is 12.3. The minimum Gasteiger partial charge on any atom is -0.492 e. The second-order valence-electron chi connectivity index (χ2n) is 5.68. The molecule has 0 saturated heterocycles. The molecule has 6 nitrogen and oxygen atoms in total. The van der Waals surface area contributed by atoms with Crippen LogP contribution in [0.25, 0.3) is 0 Å². The van der Waals surface area contributed by atoms with Gasteiger partial charge < -0.3 is 15.0 Å². The van der Waals surface area contributed by atoms with E-state index in [1.165, 1.54) is 6.07 Å². The molecule has 0 bridgehead atoms. The number of hydrogen-bond donors (Lipinski definition) is 2. The number of carbonyl (C=O) groups is 1. The van der Waals surface area contributed by atoms with Gasteiger partial charge in [-0.3, -0.25) is 9.59 Å². The molecule has 1 atom stereocenters. The van der Waals surface area contributed by atoms with E-state index in [0.29, 0.717) is 37.5 Å². The van der Waals surface area contributed by atoms with Gasteiger partial charge in [0.25, 0.3) is 5.56 Å². The van der Waals surface area contributed by atoms with Gasteiger partial charge in [-0.2, -0.15) is 0 Å². The number of fused-ring (bicyclic) bond motifs is 1. The van der Waals surface area contributed by atoms with E-state index in [9.17, 15) is 9.59 Å². The molecule has 2 N–H and O–H groups in total. The first kappa shape index (κ1) is 15.3. The van der Waals surface area contributed by atoms with Gasteiger partial charge in [-0.25, -0.2) is 4.98 Å². The summed E-state index contributed by atoms with van der Waals surface area (Å²) in [4.78, 5) is 30.5. The number of nitrogens with zero attached hydrogens (tertiary/aromatic N) is 1. The largest absolute Gasteiger partial charge is 0.492 e. The van der Waals surface area contributed by atoms with Crippen LogP contribution < -0.4 is 15.6 Å². The Labute approximate surface area is 133 Å². The van der Waals surface area contributed by atoms with Crippen molar-refractivity contribution in [3.63, 3.8) is 0 Å². The molecule has 0 fully saturated rings. The molecule has 2 aromatic rings. The topological polar surface area (TPSA) is 84.1 Å². The summed E-state index contributed by atoms with van der Waals surface area (Å²) < 4.78 is 5.63. The molecule has 1 amide bonds. The summed E-state index contributed by atoms with van der Waals surface area (Å²) in [5.41, 5.74) is 1.57. The Morgan fingerprint density at radius 2 is 2.26 bits per heavy atom. The molecule has 120 valence electrons. The van der Waals surface area contributed by atoms with Crippen molar-refractivity contribution in [2.45, 2.75) is 19.8 Å². The van der Waals surface area contributed by atoms with Crippen LogP contribution in [0.4, 0.5) is 0 Å². The minimum atomic E-state index is -0.182. The quantitative estimate of drug-likeness (QED) is 0.881. The Balaban J connectivity index is 1.53. The predicted octanol–water partition coefficient (Wildman–Crippen LogP) is 0.988. The van der Waals surface area contributed by atoms with Gasteiger partial charge in [0.2, 0.25) is 5.91 Å². The Kier molecular flexibility index (Phi) is 4.41. The van der Waals surface area contributed by atoms with Crippen molar-refractivity contribution < 1.29 is 9.53 Å². The second kappa shape index (κ2) is 6.64. The molecule has 6 heteroatoms. The molecule has 3 rings (SSSR count). The normalized spacial score (nSPS) is 16.3. The number of hydrogen-bond acceptors (Lipinski definition) is 4. The molecule has 0 radical (unpaired) electrons. The van der Waals surface area contributed by atoms with Crippen molar-refractivity contribution in [2.24, 2.45) is 5.92 Å². The maximum Gasteiger partial charge on any atom is 0.251 e. The summed E-state index contributed by atoms with van der Waals surface area (Å²) in [5, 5.41) is 2.90. The van der Waals surface area contributed by atoms with Gasteiger partial charge in [-0.1, -0.05) is 18.2 Å². The van der Waals surface area contributed by atoms with Crippen molar-refractivity contribution in [1.82, 2.24) is 15.3 Å². The lowest BCUT2D eigenvalue weighted by molar-refractivity contribution is -0.126. The molecule has 0 saturated carbocycles. The number of ether oxygens (including phenoxy) is 1. The van der Waals surface area contributed by atoms with Crippen LogP contribution >= 0.6 is 0 Å². The number of H-pyrrole nitrogens is 1. The van der Waals surface area contributed by atoms with Crippen LogP contribution in [-0.4, -0.2) is 29.0 Å². The van der Waals surface area contributed by atoms with E-state index < -0.39 is 0 Å². The molecule has 0 spiro atoms. The smallest absolute Gasteiger partial charge is 0.251 e. The highest BCUT2D eigenvalue weighted by molar-refractivity contribution is 5.79. The highest BCUT2D eigenvalue weighted by Crippen LogP contribution is 2.26. The van der Waals surface area contributed by atoms with Gasteiger partial charge in [0, 0.05) is 24.7 Å². The average Bonchev–Trinajstić information content (AvgIpc) is 2.53. The van der Waals surface area contributed by atoms with E-state index in [2.05, 4.69) is 15.3 Å². The maximum absolute atomic E-state index is 12.3. The zero-order chi connectivity index (χ0) is 16.2. The van der Waals surface area contributed by atoms with E-state index in [4.69, 9.17) is 4.74 Å². The van der Waals surface area contributed by atoms with Gasteiger partial charge in [0.05, 0.1) is 5.92 Å². The van der Waals surface area contributed by atoms with Crippen LogP contribution in [0.1, 0.15) is 17.1 Å². The Bertz CT molecular complexity index is 770. The number of nitrogens with one attached hydrogen (secondary N) is 2. The van der Waals surface area contributed by atoms with E-state index >= 15 is 0 Å². The molecule has 0 aliphatic carbocycles. The highest BCUT2D eigenvalue weighted by Gasteiger charge is 2.25. The van der Waals surface area contributed by atoms with Crippen LogP contribution in [0, 0.1) is 12.8 Å². The van der Waals surface area contributed by atoms with Crippen molar-refractivity contribution in [2.75, 3.05) is 13.2 Å². The molecule has 1 aromatic carbocycles. The van der Waals surface area contributed by atoms with Crippen molar-refractivity contribution in [3.8, 4) is 5.75 Å². The Morgan fingerprint density at radius 3 is 3.09 bits per heavy atom. The first-order valence-electron chi connectivity index (χ1n) is 7.67. The first-order chi connectivity index (χ1) is 11.1. The minimum absolute atomic E-state index is 0.0268. The average molecular weight is 313 g/mol. The number of aryl methyl sites for hydroxylation is 1. The van der Waals surface area contributed by atoms with Crippen molar-refractivity contribution in [1.29, 1.82) is 0 Å². The summed E-state index contributed by atoms with van der Waals surface area (Å²) in [7, 11) is 0. The van der Waals surface area contributed by atoms with E-state index in [-0.39, 0.29) is 17.4 Å². The van der Waals surface area contributed by atoms with Gasteiger partial charge in [-0.15, -0.1) is 0 Å². The fourth-order valence-electron chi connectivity index (χ4n) is 2.72. The third-order valence-corrected chi connectivity index (χ3v) is 3.84. The summed E-state index contributed by atoms with van der Waals surface area (Å²) in [5.74, 6) is 1.23. The zero-order valence-corrected chi connectivity index (χ0v) is 13.0. The Hall–Kier alpha value is -2.63. The molecule has 1 aliphatic rings. The van der Waals surface area contributed by atoms with Crippen LogP contribution in [0.2, 0.25) is 0 Å². The highest BCUT2D eigenvalue weighted by atomic mass is 16.5. The molecule has 1 aliphatic heterocycles. The standard InChI is InChI=1S/C17H19N3O3/c1-11-19-14(9-16(21)20-11)6-7-18-17(22)13-8-12-4-2-3-5-15(12)23-10-13/h2-5,9,13H,6-8,10H2,1H3,(H,18,22)(H,19,20,21). The third kappa shape index (κ3) is 3.77. The number of carbonyl (C=O) groups excluding carboxylic acids is 1. The first-order valence-corrected chi connectivity index (χ1v) is 7.67. The molecular formula is C17H19N3O3. The summed E-state index contributed by atoms with van der Waals surface area (Å²) in [6, 6.07) is 9.24. The van der Waals surface area contributed by atoms with Crippen molar-refractivity contribution in [3.05, 3.63) is 57.8 Å². The van der Waals surface area contributed by atoms with Crippen LogP contribution in [0.5, 0.6) is 5.75 Å². The lowest BCUT2D eigenvalue weighted by Gasteiger charge is -2.24. The Morgan fingerprint density at radius 1 is 1.43 bits per heavy atom. The van der Waals surface area contributed by atoms with Gasteiger partial charge in [0.1, 0.15) is 18.2 Å². The van der Waals surface area contributed by atoms with Gasteiger partial charge >= 0.3 is 0 Å². The van der Waals surface area contributed by atoms with E-state index in [0.717, 1.165) is 11.3 Å². The van der Waals surface area contributed by atoms with E-state index in [1.54, 1.807) is 6.92 Å². The number of benzene rings is 1. The summed E-state index contributed by atoms with van der Waals surface area (Å²) in [6.45, 7) is 2.58. The summed E-state index contributed by atoms with van der Waals surface area (Å²) >= 11 is 0.